The van der Waals surface area contributed by atoms with Gasteiger partial charge in [-0.1, -0.05) is 12.1 Å². The van der Waals surface area contributed by atoms with Crippen LogP contribution in [-0.2, 0) is 7.05 Å². The van der Waals surface area contributed by atoms with Gasteiger partial charge in [0.15, 0.2) is 0 Å². The Morgan fingerprint density at radius 2 is 1.67 bits per heavy atom. The van der Waals surface area contributed by atoms with E-state index >= 15 is 0 Å². The molecule has 4 aromatic rings. The molecule has 4 rings (SSSR count). The lowest BCUT2D eigenvalue weighted by molar-refractivity contribution is 0.0698. The number of rotatable bonds is 4. The molecular formula is C22H17FN2O2. The number of aromatic nitrogens is 1. The van der Waals surface area contributed by atoms with Crippen LogP contribution in [0.2, 0.25) is 0 Å². The van der Waals surface area contributed by atoms with Gasteiger partial charge < -0.3 is 15.0 Å². The molecule has 0 saturated carbocycles. The maximum atomic E-state index is 13.1. The third-order valence-electron chi connectivity index (χ3n) is 4.59. The lowest BCUT2D eigenvalue weighted by atomic mass is 10.0. The Bertz CT molecular complexity index is 1150. The van der Waals surface area contributed by atoms with Gasteiger partial charge in [0.25, 0.3) is 0 Å². The highest BCUT2D eigenvalue weighted by Gasteiger charge is 2.12. The zero-order valence-corrected chi connectivity index (χ0v) is 14.6. The first-order chi connectivity index (χ1) is 13.0. The van der Waals surface area contributed by atoms with E-state index in [2.05, 4.69) is 11.4 Å². The van der Waals surface area contributed by atoms with Crippen LogP contribution in [0.5, 0.6) is 0 Å². The Labute approximate surface area is 155 Å². The molecule has 0 aliphatic rings. The molecule has 0 unspecified atom stereocenters. The molecule has 1 heterocycles. The topological polar surface area (TPSA) is 54.3 Å². The molecule has 0 aliphatic heterocycles. The lowest BCUT2D eigenvalue weighted by Crippen LogP contribution is -2.03. The molecular weight excluding hydrogens is 343 g/mol. The van der Waals surface area contributed by atoms with Gasteiger partial charge in [-0.3, -0.25) is 0 Å². The van der Waals surface area contributed by atoms with E-state index in [9.17, 15) is 14.3 Å². The number of aromatic carboxylic acids is 1. The van der Waals surface area contributed by atoms with Crippen LogP contribution in [0, 0.1) is 5.82 Å². The number of carbonyl (C=O) groups is 1. The van der Waals surface area contributed by atoms with Gasteiger partial charge in [-0.2, -0.15) is 0 Å². The van der Waals surface area contributed by atoms with Crippen molar-refractivity contribution in [1.82, 2.24) is 4.57 Å². The van der Waals surface area contributed by atoms with E-state index in [1.165, 1.54) is 12.1 Å². The van der Waals surface area contributed by atoms with Crippen molar-refractivity contribution in [2.45, 2.75) is 0 Å². The molecule has 134 valence electrons. The predicted octanol–water partition coefficient (Wildman–Crippen LogP) is 5.43. The number of hydrogen-bond donors (Lipinski definition) is 2. The number of anilines is 2. The van der Waals surface area contributed by atoms with Gasteiger partial charge in [-0.25, -0.2) is 9.18 Å². The zero-order valence-electron chi connectivity index (χ0n) is 14.6. The first-order valence-electron chi connectivity index (χ1n) is 8.47. The van der Waals surface area contributed by atoms with Crippen LogP contribution in [0.1, 0.15) is 10.4 Å². The fourth-order valence-electron chi connectivity index (χ4n) is 3.16. The molecule has 0 bridgehead atoms. The molecule has 0 fully saturated rings. The maximum Gasteiger partial charge on any atom is 0.337 e. The minimum absolute atomic E-state index is 0.156. The molecule has 0 radical (unpaired) electrons. The van der Waals surface area contributed by atoms with E-state index < -0.39 is 5.97 Å². The minimum Gasteiger partial charge on any atom is -0.478 e. The van der Waals surface area contributed by atoms with Gasteiger partial charge in [-0.05, 0) is 65.7 Å². The summed E-state index contributed by atoms with van der Waals surface area (Å²) in [5.41, 5.74) is 4.26. The van der Waals surface area contributed by atoms with Crippen molar-refractivity contribution in [2.24, 2.45) is 7.05 Å². The van der Waals surface area contributed by atoms with Crippen molar-refractivity contribution >= 4 is 28.2 Å². The van der Waals surface area contributed by atoms with Crippen LogP contribution in [0.15, 0.2) is 72.9 Å². The van der Waals surface area contributed by atoms with Crippen molar-refractivity contribution in [1.29, 1.82) is 0 Å². The minimum atomic E-state index is -1.02. The second-order valence-electron chi connectivity index (χ2n) is 6.40. The Kier molecular flexibility index (Phi) is 4.12. The Morgan fingerprint density at radius 1 is 0.963 bits per heavy atom. The fourth-order valence-corrected chi connectivity index (χ4v) is 3.16. The molecule has 0 saturated heterocycles. The lowest BCUT2D eigenvalue weighted by Gasteiger charge is -2.12. The highest BCUT2D eigenvalue weighted by molar-refractivity contribution is 5.97. The summed E-state index contributed by atoms with van der Waals surface area (Å²) in [6.45, 7) is 0. The SMILES string of the molecule is Cn1ccc2cc(-c3ccc(C(=O)O)c(Nc4ccc(F)cc4)c3)ccc21. The summed E-state index contributed by atoms with van der Waals surface area (Å²) in [6.07, 6.45) is 2.00. The standard InChI is InChI=1S/C22H17FN2O2/c1-25-11-10-16-12-14(3-9-21(16)25)15-2-8-19(22(26)27)20(13-15)24-18-6-4-17(23)5-7-18/h2-13,24H,1H3,(H,26,27). The van der Waals surface area contributed by atoms with E-state index in [-0.39, 0.29) is 11.4 Å². The number of halogens is 1. The number of nitrogens with one attached hydrogen (secondary N) is 1. The van der Waals surface area contributed by atoms with E-state index in [0.717, 1.165) is 22.0 Å². The van der Waals surface area contributed by atoms with Crippen LogP contribution in [-0.4, -0.2) is 15.6 Å². The number of carboxylic acid groups (broad SMARTS) is 1. The van der Waals surface area contributed by atoms with Crippen molar-refractivity contribution in [3.63, 3.8) is 0 Å². The number of carboxylic acids is 1. The number of aryl methyl sites for hydroxylation is 1. The smallest absolute Gasteiger partial charge is 0.337 e. The average Bonchev–Trinajstić information content (AvgIpc) is 3.04. The van der Waals surface area contributed by atoms with Gasteiger partial charge in [0.2, 0.25) is 0 Å². The number of fused-ring (bicyclic) bond motifs is 1. The Hall–Kier alpha value is -3.60. The van der Waals surface area contributed by atoms with Crippen LogP contribution in [0.3, 0.4) is 0 Å². The molecule has 4 nitrogen and oxygen atoms in total. The first kappa shape index (κ1) is 16.8. The molecule has 0 aliphatic carbocycles. The molecule has 1 aromatic heterocycles. The summed E-state index contributed by atoms with van der Waals surface area (Å²) < 4.78 is 15.2. The van der Waals surface area contributed by atoms with Gasteiger partial charge in [0.1, 0.15) is 5.82 Å². The molecule has 27 heavy (non-hydrogen) atoms. The zero-order chi connectivity index (χ0) is 19.0. The highest BCUT2D eigenvalue weighted by Crippen LogP contribution is 2.30. The second-order valence-corrected chi connectivity index (χ2v) is 6.40. The van der Waals surface area contributed by atoms with Crippen molar-refractivity contribution in [2.75, 3.05) is 5.32 Å². The molecule has 0 amide bonds. The summed E-state index contributed by atoms with van der Waals surface area (Å²) in [4.78, 5) is 11.6. The van der Waals surface area contributed by atoms with E-state index in [1.54, 1.807) is 30.3 Å². The molecule has 0 atom stereocenters. The van der Waals surface area contributed by atoms with Crippen molar-refractivity contribution in [3.8, 4) is 11.1 Å². The average molecular weight is 360 g/mol. The number of benzene rings is 3. The van der Waals surface area contributed by atoms with Crippen molar-refractivity contribution < 1.29 is 14.3 Å². The second kappa shape index (κ2) is 6.61. The van der Waals surface area contributed by atoms with Crippen molar-refractivity contribution in [3.05, 3.63) is 84.3 Å². The normalized spacial score (nSPS) is 10.9. The molecule has 3 aromatic carbocycles. The molecule has 2 N–H and O–H groups in total. The maximum absolute atomic E-state index is 13.1. The number of nitrogens with zero attached hydrogens (tertiary/aromatic N) is 1. The predicted molar refractivity (Wildman–Crippen MR) is 105 cm³/mol. The van der Waals surface area contributed by atoms with Crippen LogP contribution >= 0.6 is 0 Å². The Morgan fingerprint density at radius 3 is 2.41 bits per heavy atom. The summed E-state index contributed by atoms with van der Waals surface area (Å²) in [5, 5.41) is 13.7. The summed E-state index contributed by atoms with van der Waals surface area (Å²) in [5.74, 6) is -1.37. The van der Waals surface area contributed by atoms with Crippen LogP contribution in [0.4, 0.5) is 15.8 Å². The van der Waals surface area contributed by atoms with E-state index in [4.69, 9.17) is 0 Å². The van der Waals surface area contributed by atoms with Gasteiger partial charge in [0, 0.05) is 29.8 Å². The van der Waals surface area contributed by atoms with E-state index in [1.807, 2.05) is 36.0 Å². The Balaban J connectivity index is 1.77. The van der Waals surface area contributed by atoms with E-state index in [0.29, 0.717) is 11.4 Å². The monoisotopic (exact) mass is 360 g/mol. The third kappa shape index (κ3) is 3.27. The largest absolute Gasteiger partial charge is 0.478 e. The van der Waals surface area contributed by atoms with Gasteiger partial charge in [0.05, 0.1) is 11.3 Å². The van der Waals surface area contributed by atoms with Gasteiger partial charge in [-0.15, -0.1) is 0 Å². The molecule has 5 heteroatoms. The van der Waals surface area contributed by atoms with Crippen LogP contribution < -0.4 is 5.32 Å². The number of hydrogen-bond acceptors (Lipinski definition) is 2. The summed E-state index contributed by atoms with van der Waals surface area (Å²) >= 11 is 0. The fraction of sp³-hybridized carbons (Fsp3) is 0.0455. The quantitative estimate of drug-likeness (QED) is 0.510. The first-order valence-corrected chi connectivity index (χ1v) is 8.47. The summed E-state index contributed by atoms with van der Waals surface area (Å²) in [6, 6.07) is 19.2. The van der Waals surface area contributed by atoms with Crippen LogP contribution in [0.25, 0.3) is 22.0 Å². The highest BCUT2D eigenvalue weighted by atomic mass is 19.1. The third-order valence-corrected chi connectivity index (χ3v) is 4.59. The molecule has 0 spiro atoms. The van der Waals surface area contributed by atoms with Gasteiger partial charge >= 0.3 is 5.97 Å². The summed E-state index contributed by atoms with van der Waals surface area (Å²) in [7, 11) is 1.99.